The number of hydrogen-bond donors (Lipinski definition) is 3. The molecule has 1 aliphatic heterocycles. The molecule has 1 saturated heterocycles. The van der Waals surface area contributed by atoms with Gasteiger partial charge in [-0.15, -0.1) is 0 Å². The molecule has 4 rings (SSSR count). The summed E-state index contributed by atoms with van der Waals surface area (Å²) >= 11 is 0. The van der Waals surface area contributed by atoms with E-state index in [-0.39, 0.29) is 5.78 Å². The van der Waals surface area contributed by atoms with Crippen LogP contribution in [0.15, 0.2) is 66.7 Å². The zero-order valence-corrected chi connectivity index (χ0v) is 18.5. The number of aromatic nitrogens is 1. The van der Waals surface area contributed by atoms with Crippen LogP contribution >= 0.6 is 0 Å². The van der Waals surface area contributed by atoms with Gasteiger partial charge in [0.15, 0.2) is 5.78 Å². The van der Waals surface area contributed by atoms with Gasteiger partial charge in [0, 0.05) is 42.8 Å². The minimum Gasteiger partial charge on any atom is -0.314 e. The van der Waals surface area contributed by atoms with Crippen molar-refractivity contribution in [2.75, 3.05) is 31.5 Å². The van der Waals surface area contributed by atoms with Crippen molar-refractivity contribution in [2.45, 2.75) is 0 Å². The molecule has 9 nitrogen and oxygen atoms in total. The number of para-hydroxylation sites is 1. The maximum absolute atomic E-state index is 12.5. The summed E-state index contributed by atoms with van der Waals surface area (Å²) in [6, 6.07) is 16.8. The van der Waals surface area contributed by atoms with Crippen molar-refractivity contribution in [3.63, 3.8) is 0 Å². The van der Waals surface area contributed by atoms with Gasteiger partial charge in [-0.25, -0.2) is 14.5 Å². The second-order valence-corrected chi connectivity index (χ2v) is 9.08. The predicted octanol–water partition coefficient (Wildman–Crippen LogP) is 2.40. The van der Waals surface area contributed by atoms with Crippen LogP contribution in [0.5, 0.6) is 0 Å². The molecule has 1 aromatic heterocycles. The van der Waals surface area contributed by atoms with Crippen molar-refractivity contribution in [3.8, 4) is 0 Å². The number of nitrogens with one attached hydrogen (secondary N) is 3. The summed E-state index contributed by atoms with van der Waals surface area (Å²) in [7, 11) is -3.91. The highest BCUT2D eigenvalue weighted by Crippen LogP contribution is 2.14. The van der Waals surface area contributed by atoms with E-state index in [1.54, 1.807) is 18.2 Å². The molecular weight excluding hydrogens is 442 g/mol. The normalized spacial score (nSPS) is 14.9. The lowest BCUT2D eigenvalue weighted by Gasteiger charge is -2.26. The molecule has 0 aliphatic carbocycles. The first kappa shape index (κ1) is 22.6. The molecule has 2 aromatic carbocycles. The standard InChI is InChI=1S/C23H23N5O4S/c29-22(12-11-19-8-5-17-3-1-2-4-21(17)25-19)18-6-9-20(10-7-18)26-23(30)27-33(31,32)28-15-13-24-14-16-28/h1-12,24H,13-16H2,(H2,26,27,30). The van der Waals surface area contributed by atoms with E-state index >= 15 is 0 Å². The van der Waals surface area contributed by atoms with Gasteiger partial charge in [0.25, 0.3) is 0 Å². The van der Waals surface area contributed by atoms with Crippen LogP contribution in [0, 0.1) is 0 Å². The second kappa shape index (κ2) is 9.90. The Morgan fingerprint density at radius 1 is 0.970 bits per heavy atom. The van der Waals surface area contributed by atoms with Gasteiger partial charge in [-0.1, -0.05) is 24.3 Å². The van der Waals surface area contributed by atoms with Crippen molar-refractivity contribution >= 4 is 44.7 Å². The van der Waals surface area contributed by atoms with Crippen LogP contribution in [0.25, 0.3) is 17.0 Å². The largest absolute Gasteiger partial charge is 0.333 e. The summed E-state index contributed by atoms with van der Waals surface area (Å²) in [5.74, 6) is -0.220. The van der Waals surface area contributed by atoms with E-state index in [1.165, 1.54) is 22.5 Å². The number of amides is 2. The zero-order valence-electron chi connectivity index (χ0n) is 17.7. The van der Waals surface area contributed by atoms with Crippen LogP contribution in [0.4, 0.5) is 10.5 Å². The summed E-state index contributed by atoms with van der Waals surface area (Å²) < 4.78 is 27.7. The number of carbonyl (C=O) groups excluding carboxylic acids is 2. The average Bonchev–Trinajstić information content (AvgIpc) is 2.83. The van der Waals surface area contributed by atoms with Crippen molar-refractivity contribution in [3.05, 3.63) is 78.0 Å². The summed E-state index contributed by atoms with van der Waals surface area (Å²) in [5.41, 5.74) is 2.30. The van der Waals surface area contributed by atoms with E-state index in [9.17, 15) is 18.0 Å². The third-order valence-corrected chi connectivity index (χ3v) is 6.58. The van der Waals surface area contributed by atoms with Gasteiger partial charge in [0.1, 0.15) is 0 Å². The Bertz CT molecular complexity index is 1300. The summed E-state index contributed by atoms with van der Waals surface area (Å²) in [5, 5.41) is 6.54. The number of allylic oxidation sites excluding steroid dienone is 1. The van der Waals surface area contributed by atoms with E-state index < -0.39 is 16.2 Å². The Morgan fingerprint density at radius 3 is 2.45 bits per heavy atom. The number of hydrogen-bond acceptors (Lipinski definition) is 6. The number of nitrogens with zero attached hydrogens (tertiary/aromatic N) is 2. The van der Waals surface area contributed by atoms with Crippen LogP contribution in [-0.4, -0.2) is 55.7 Å². The smallest absolute Gasteiger partial charge is 0.314 e. The molecule has 0 saturated carbocycles. The van der Waals surface area contributed by atoms with Gasteiger partial charge >= 0.3 is 16.2 Å². The molecule has 0 bridgehead atoms. The molecule has 3 aromatic rings. The molecule has 10 heteroatoms. The van der Waals surface area contributed by atoms with Gasteiger partial charge < -0.3 is 10.6 Å². The van der Waals surface area contributed by atoms with E-state index in [0.717, 1.165) is 10.9 Å². The Kier molecular flexibility index (Phi) is 6.78. The lowest BCUT2D eigenvalue weighted by molar-refractivity contribution is 0.104. The maximum atomic E-state index is 12.5. The molecule has 0 atom stereocenters. The first-order valence-corrected chi connectivity index (χ1v) is 11.8. The predicted molar refractivity (Wildman–Crippen MR) is 127 cm³/mol. The van der Waals surface area contributed by atoms with Crippen molar-refractivity contribution in [1.29, 1.82) is 0 Å². The molecule has 2 heterocycles. The van der Waals surface area contributed by atoms with E-state index in [1.807, 2.05) is 41.1 Å². The summed E-state index contributed by atoms with van der Waals surface area (Å²) in [6.45, 7) is 1.65. The number of ketones is 1. The van der Waals surface area contributed by atoms with Crippen LogP contribution in [0.1, 0.15) is 16.1 Å². The number of carbonyl (C=O) groups is 2. The topological polar surface area (TPSA) is 120 Å². The third kappa shape index (κ3) is 5.80. The highest BCUT2D eigenvalue weighted by atomic mass is 32.2. The van der Waals surface area contributed by atoms with Crippen molar-refractivity contribution < 1.29 is 18.0 Å². The van der Waals surface area contributed by atoms with Crippen LogP contribution in [0.2, 0.25) is 0 Å². The quantitative estimate of drug-likeness (QED) is 0.380. The van der Waals surface area contributed by atoms with Crippen LogP contribution in [0.3, 0.4) is 0 Å². The second-order valence-electron chi connectivity index (χ2n) is 7.41. The third-order valence-electron chi connectivity index (χ3n) is 5.09. The molecule has 1 aliphatic rings. The SMILES string of the molecule is O=C(Nc1ccc(C(=O)C=Cc2ccc3ccccc3n2)cc1)NS(=O)(=O)N1CCNCC1. The number of benzene rings is 2. The van der Waals surface area contributed by atoms with Crippen molar-refractivity contribution in [1.82, 2.24) is 19.3 Å². The highest BCUT2D eigenvalue weighted by Gasteiger charge is 2.25. The van der Waals surface area contributed by atoms with Gasteiger partial charge in [-0.2, -0.15) is 12.7 Å². The summed E-state index contributed by atoms with van der Waals surface area (Å²) in [6.07, 6.45) is 3.08. The Hall–Kier alpha value is -3.60. The minimum absolute atomic E-state index is 0.220. The molecule has 170 valence electrons. The molecule has 0 spiro atoms. The van der Waals surface area contributed by atoms with E-state index in [2.05, 4.69) is 15.6 Å². The lowest BCUT2D eigenvalue weighted by Crippen LogP contribution is -2.52. The first-order valence-electron chi connectivity index (χ1n) is 10.4. The molecule has 3 N–H and O–H groups in total. The summed E-state index contributed by atoms with van der Waals surface area (Å²) in [4.78, 5) is 29.1. The van der Waals surface area contributed by atoms with Crippen LogP contribution in [-0.2, 0) is 10.2 Å². The molecular formula is C23H23N5O4S. The molecule has 1 fully saturated rings. The Balaban J connectivity index is 1.35. The monoisotopic (exact) mass is 465 g/mol. The molecule has 33 heavy (non-hydrogen) atoms. The molecule has 2 amide bonds. The Labute approximate surface area is 191 Å². The number of urea groups is 1. The van der Waals surface area contributed by atoms with E-state index in [0.29, 0.717) is 43.1 Å². The van der Waals surface area contributed by atoms with Crippen LogP contribution < -0.4 is 15.4 Å². The number of fused-ring (bicyclic) bond motifs is 1. The van der Waals surface area contributed by atoms with Crippen molar-refractivity contribution in [2.24, 2.45) is 0 Å². The number of rotatable bonds is 6. The maximum Gasteiger partial charge on any atom is 0.333 e. The fraction of sp³-hybridized carbons (Fsp3) is 0.174. The zero-order chi connectivity index (χ0) is 23.3. The van der Waals surface area contributed by atoms with E-state index in [4.69, 9.17) is 0 Å². The van der Waals surface area contributed by atoms with Gasteiger partial charge in [0.2, 0.25) is 0 Å². The average molecular weight is 466 g/mol. The highest BCUT2D eigenvalue weighted by molar-refractivity contribution is 7.87. The fourth-order valence-corrected chi connectivity index (χ4v) is 4.45. The number of piperazine rings is 1. The first-order chi connectivity index (χ1) is 15.9. The molecule has 0 unspecified atom stereocenters. The minimum atomic E-state index is -3.91. The fourth-order valence-electron chi connectivity index (χ4n) is 3.37. The van der Waals surface area contributed by atoms with Gasteiger partial charge in [-0.05, 0) is 48.6 Å². The number of pyridine rings is 1. The lowest BCUT2D eigenvalue weighted by atomic mass is 10.1. The number of anilines is 1. The Morgan fingerprint density at radius 2 is 1.70 bits per heavy atom. The van der Waals surface area contributed by atoms with Gasteiger partial charge in [-0.3, -0.25) is 4.79 Å². The van der Waals surface area contributed by atoms with Gasteiger partial charge in [0.05, 0.1) is 11.2 Å². The molecule has 0 radical (unpaired) electrons.